The van der Waals surface area contributed by atoms with Crippen LogP contribution in [0.15, 0.2) is 54.6 Å². The number of para-hydroxylation sites is 1. The first-order chi connectivity index (χ1) is 16.4. The molecule has 1 atom stereocenters. The molecule has 1 saturated carbocycles. The van der Waals surface area contributed by atoms with Crippen molar-refractivity contribution in [1.82, 2.24) is 9.80 Å². The van der Waals surface area contributed by atoms with E-state index in [0.29, 0.717) is 23.7 Å². The second kappa shape index (κ2) is 8.96. The molecule has 1 unspecified atom stereocenters. The van der Waals surface area contributed by atoms with Crippen molar-refractivity contribution in [1.29, 1.82) is 0 Å². The average molecular weight is 465 g/mol. The highest BCUT2D eigenvalue weighted by Crippen LogP contribution is 2.50. The summed E-state index contributed by atoms with van der Waals surface area (Å²) in [7, 11) is 4.35. The molecule has 3 N–H and O–H groups in total. The summed E-state index contributed by atoms with van der Waals surface area (Å²) in [6.07, 6.45) is 3.11. The number of hydrogen-bond acceptors (Lipinski definition) is 6. The monoisotopic (exact) mass is 464 g/mol. The summed E-state index contributed by atoms with van der Waals surface area (Å²) in [5.74, 6) is -0.0467. The number of nitrogens with two attached hydrogens (primary N) is 1. The van der Waals surface area contributed by atoms with Crippen LogP contribution in [0, 0.1) is 5.92 Å². The summed E-state index contributed by atoms with van der Waals surface area (Å²) < 4.78 is 5.45. The Hall–Kier alpha value is -2.45. The molecule has 3 fully saturated rings. The largest absolute Gasteiger partial charge is 0.381 e. The lowest BCUT2D eigenvalue weighted by atomic mass is 9.68. The van der Waals surface area contributed by atoms with E-state index in [0.717, 1.165) is 45.4 Å². The third kappa shape index (κ3) is 3.81. The van der Waals surface area contributed by atoms with Crippen molar-refractivity contribution < 1.29 is 14.6 Å². The molecule has 5 rings (SSSR count). The van der Waals surface area contributed by atoms with Crippen LogP contribution in [-0.2, 0) is 10.3 Å². The molecular weight excluding hydrogens is 428 g/mol. The average Bonchev–Trinajstić information content (AvgIpc) is 3.08. The summed E-state index contributed by atoms with van der Waals surface area (Å²) >= 11 is 0. The number of carbonyl (C=O) groups excluding carboxylic acids is 1. The molecule has 1 amide bonds. The van der Waals surface area contributed by atoms with Crippen LogP contribution in [0.4, 0.5) is 5.69 Å². The number of amides is 1. The minimum absolute atomic E-state index is 0.0265. The highest BCUT2D eigenvalue weighted by Gasteiger charge is 2.55. The maximum absolute atomic E-state index is 12.2. The Kier molecular flexibility index (Phi) is 6.14. The highest BCUT2D eigenvalue weighted by molar-refractivity contribution is 5.98. The lowest BCUT2D eigenvalue weighted by Crippen LogP contribution is -2.58. The van der Waals surface area contributed by atoms with E-state index in [-0.39, 0.29) is 11.1 Å². The molecule has 7 nitrogen and oxygen atoms in total. The molecule has 0 bridgehead atoms. The van der Waals surface area contributed by atoms with Gasteiger partial charge in [0.15, 0.2) is 6.35 Å². The molecule has 2 saturated heterocycles. The lowest BCUT2D eigenvalue weighted by molar-refractivity contribution is -0.103. The minimum Gasteiger partial charge on any atom is -0.381 e. The Morgan fingerprint density at radius 1 is 1.06 bits per heavy atom. The fraction of sp³-hybridized carbons (Fsp3) is 0.519. The van der Waals surface area contributed by atoms with Crippen LogP contribution < -0.4 is 10.6 Å². The first kappa shape index (κ1) is 23.3. The van der Waals surface area contributed by atoms with Crippen molar-refractivity contribution in [2.45, 2.75) is 43.1 Å². The van der Waals surface area contributed by atoms with Gasteiger partial charge in [-0.2, -0.15) is 0 Å². The van der Waals surface area contributed by atoms with Crippen molar-refractivity contribution in [2.24, 2.45) is 11.7 Å². The highest BCUT2D eigenvalue weighted by atomic mass is 16.5. The molecule has 182 valence electrons. The molecule has 3 aliphatic rings. The molecule has 2 aromatic carbocycles. The van der Waals surface area contributed by atoms with Gasteiger partial charge in [-0.3, -0.25) is 14.6 Å². The van der Waals surface area contributed by atoms with Crippen LogP contribution in [0.2, 0.25) is 0 Å². The van der Waals surface area contributed by atoms with Gasteiger partial charge >= 0.3 is 0 Å². The van der Waals surface area contributed by atoms with Crippen LogP contribution in [0.1, 0.15) is 41.6 Å². The van der Waals surface area contributed by atoms with Crippen molar-refractivity contribution in [3.63, 3.8) is 0 Å². The van der Waals surface area contributed by atoms with E-state index >= 15 is 0 Å². The van der Waals surface area contributed by atoms with Crippen LogP contribution in [0.3, 0.4) is 0 Å². The van der Waals surface area contributed by atoms with Gasteiger partial charge in [-0.1, -0.05) is 42.5 Å². The third-order valence-corrected chi connectivity index (χ3v) is 8.45. The first-order valence-electron chi connectivity index (χ1n) is 12.3. The van der Waals surface area contributed by atoms with E-state index in [1.54, 1.807) is 6.07 Å². The van der Waals surface area contributed by atoms with Crippen LogP contribution >= 0.6 is 0 Å². The normalized spacial score (nSPS) is 30.1. The van der Waals surface area contributed by atoms with E-state index in [4.69, 9.17) is 10.5 Å². The molecule has 1 aliphatic carbocycles. The first-order valence-corrected chi connectivity index (χ1v) is 12.3. The summed E-state index contributed by atoms with van der Waals surface area (Å²) in [5, 5.41) is 11.6. The Morgan fingerprint density at radius 2 is 1.71 bits per heavy atom. The number of nitrogens with zero attached hydrogens (tertiary/aromatic N) is 3. The van der Waals surface area contributed by atoms with Gasteiger partial charge in [0.2, 0.25) is 0 Å². The van der Waals surface area contributed by atoms with Gasteiger partial charge in [-0.05, 0) is 57.5 Å². The third-order valence-electron chi connectivity index (χ3n) is 8.45. The van der Waals surface area contributed by atoms with E-state index in [9.17, 15) is 9.90 Å². The quantitative estimate of drug-likeness (QED) is 0.684. The van der Waals surface area contributed by atoms with Crippen LogP contribution in [0.5, 0.6) is 0 Å². The predicted octanol–water partition coefficient (Wildman–Crippen LogP) is 2.60. The van der Waals surface area contributed by atoms with E-state index in [1.165, 1.54) is 5.56 Å². The fourth-order valence-corrected chi connectivity index (χ4v) is 6.32. The summed E-state index contributed by atoms with van der Waals surface area (Å²) in [6, 6.07) is 18.1. The molecule has 34 heavy (non-hydrogen) atoms. The van der Waals surface area contributed by atoms with Gasteiger partial charge in [-0.15, -0.1) is 0 Å². The summed E-state index contributed by atoms with van der Waals surface area (Å²) in [4.78, 5) is 18.8. The second-order valence-electron chi connectivity index (χ2n) is 10.4. The maximum Gasteiger partial charge on any atom is 0.250 e. The number of anilines is 1. The predicted molar refractivity (Wildman–Crippen MR) is 132 cm³/mol. The van der Waals surface area contributed by atoms with Crippen molar-refractivity contribution >= 4 is 11.6 Å². The van der Waals surface area contributed by atoms with Gasteiger partial charge in [-0.25, -0.2) is 0 Å². The van der Waals surface area contributed by atoms with Gasteiger partial charge in [0.1, 0.15) is 0 Å². The zero-order valence-electron chi connectivity index (χ0n) is 20.2. The smallest absolute Gasteiger partial charge is 0.250 e. The van der Waals surface area contributed by atoms with Crippen LogP contribution in [-0.4, -0.2) is 73.1 Å². The van der Waals surface area contributed by atoms with Gasteiger partial charge in [0.05, 0.1) is 24.5 Å². The Morgan fingerprint density at radius 3 is 2.29 bits per heavy atom. The number of carbonyl (C=O) groups is 1. The molecule has 0 aromatic heterocycles. The number of hydrogen-bond donors (Lipinski definition) is 2. The van der Waals surface area contributed by atoms with Crippen molar-refractivity contribution in [3.05, 3.63) is 65.7 Å². The van der Waals surface area contributed by atoms with E-state index in [1.807, 2.05) is 23.1 Å². The Labute approximate surface area is 202 Å². The molecular formula is C27H36N4O3. The molecule has 2 aromatic rings. The fourth-order valence-electron chi connectivity index (χ4n) is 6.32. The number of benzene rings is 2. The lowest BCUT2D eigenvalue weighted by Gasteiger charge is -2.52. The standard InChI is InChI=1S/C27H36N4O3/c1-29(2)27(21-8-4-3-5-9-21)14-12-26(13-15-27)19-30(23-11-7-6-10-22(23)24(28)32)25(33)31(26)16-20-17-34-18-20/h3-11,20,25,33H,12-19H2,1-2H3,(H2,28,32). The zero-order chi connectivity index (χ0) is 23.9. The SMILES string of the molecule is CN(C)C1(c2ccccc2)CCC2(CC1)CN(c1ccccc1C(N)=O)C(O)N2CC1COC1. The van der Waals surface area contributed by atoms with Crippen molar-refractivity contribution in [2.75, 3.05) is 45.3 Å². The van der Waals surface area contributed by atoms with Crippen LogP contribution in [0.25, 0.3) is 0 Å². The van der Waals surface area contributed by atoms with Gasteiger partial charge in [0.25, 0.3) is 5.91 Å². The number of primary amides is 1. The van der Waals surface area contributed by atoms with Gasteiger partial charge in [0, 0.05) is 30.1 Å². The minimum atomic E-state index is -0.801. The van der Waals surface area contributed by atoms with Gasteiger partial charge < -0.3 is 20.5 Å². The summed E-state index contributed by atoms with van der Waals surface area (Å²) in [6.45, 7) is 2.94. The number of ether oxygens (including phenoxy) is 1. The number of aliphatic hydroxyl groups is 1. The maximum atomic E-state index is 12.2. The molecule has 2 aliphatic heterocycles. The number of aliphatic hydroxyl groups excluding tert-OH is 1. The Balaban J connectivity index is 1.47. The number of rotatable bonds is 6. The molecule has 1 spiro atoms. The molecule has 7 heteroatoms. The second-order valence-corrected chi connectivity index (χ2v) is 10.4. The molecule has 2 heterocycles. The van der Waals surface area contributed by atoms with E-state index in [2.05, 4.69) is 54.2 Å². The van der Waals surface area contributed by atoms with E-state index < -0.39 is 12.3 Å². The topological polar surface area (TPSA) is 82.3 Å². The summed E-state index contributed by atoms with van der Waals surface area (Å²) in [5.41, 5.74) is 8.01. The zero-order valence-corrected chi connectivity index (χ0v) is 20.2. The Bertz CT molecular complexity index is 1020. The van der Waals surface area contributed by atoms with Crippen molar-refractivity contribution in [3.8, 4) is 0 Å². The molecule has 0 radical (unpaired) electrons.